The highest BCUT2D eigenvalue weighted by molar-refractivity contribution is 7.98. The minimum Gasteiger partial charge on any atom is -0.352 e. The van der Waals surface area contributed by atoms with Gasteiger partial charge in [0.1, 0.15) is 0 Å². The number of carbonyl (C=O) groups is 1. The van der Waals surface area contributed by atoms with E-state index < -0.39 is 0 Å². The van der Waals surface area contributed by atoms with E-state index in [1.807, 2.05) is 42.1 Å². The lowest BCUT2D eigenvalue weighted by molar-refractivity contribution is 0.0952. The molecule has 0 saturated heterocycles. The van der Waals surface area contributed by atoms with Crippen LogP contribution in [0.25, 0.3) is 0 Å². The van der Waals surface area contributed by atoms with Gasteiger partial charge in [-0.15, -0.1) is 0 Å². The van der Waals surface area contributed by atoms with E-state index in [-0.39, 0.29) is 5.91 Å². The molecule has 0 atom stereocenters. The highest BCUT2D eigenvalue weighted by Gasteiger charge is 2.07. The van der Waals surface area contributed by atoms with Gasteiger partial charge in [0, 0.05) is 37.3 Å². The van der Waals surface area contributed by atoms with Gasteiger partial charge in [-0.3, -0.25) is 4.79 Å². The van der Waals surface area contributed by atoms with Gasteiger partial charge in [-0.1, -0.05) is 23.9 Å². The van der Waals surface area contributed by atoms with Crippen LogP contribution in [0.2, 0.25) is 0 Å². The van der Waals surface area contributed by atoms with E-state index in [0.29, 0.717) is 0 Å². The lowest BCUT2D eigenvalue weighted by atomic mass is 10.1. The molecule has 1 N–H and O–H groups in total. The number of unbranched alkanes of at least 4 members (excludes halogenated alkanes) is 1. The second-order valence-corrected chi connectivity index (χ2v) is 7.02. The number of aromatic nitrogens is 2. The Morgan fingerprint density at radius 2 is 2.17 bits per heavy atom. The number of hydrogen-bond acceptors (Lipinski definition) is 4. The zero-order valence-corrected chi connectivity index (χ0v) is 15.5. The predicted octanol–water partition coefficient (Wildman–Crippen LogP) is 2.78. The Balaban J connectivity index is 1.80. The number of rotatable bonds is 9. The Bertz CT molecular complexity index is 654. The first-order chi connectivity index (χ1) is 11.6. The number of imidazole rings is 1. The number of hydrogen-bond donors (Lipinski definition) is 1. The number of carbonyl (C=O) groups excluding carboxylic acids is 1. The van der Waals surface area contributed by atoms with E-state index in [0.717, 1.165) is 48.0 Å². The fourth-order valence-electron chi connectivity index (χ4n) is 2.30. The number of nitrogens with one attached hydrogen (secondary N) is 1. The van der Waals surface area contributed by atoms with Crippen LogP contribution in [0.15, 0.2) is 41.8 Å². The molecule has 0 radical (unpaired) electrons. The quantitative estimate of drug-likeness (QED) is 0.560. The Hall–Kier alpha value is -1.79. The van der Waals surface area contributed by atoms with Crippen LogP contribution < -0.4 is 5.32 Å². The summed E-state index contributed by atoms with van der Waals surface area (Å²) in [6, 6.07) is 7.81. The van der Waals surface area contributed by atoms with Crippen molar-refractivity contribution >= 4 is 17.7 Å². The average Bonchev–Trinajstić information content (AvgIpc) is 2.97. The van der Waals surface area contributed by atoms with Crippen LogP contribution in [-0.4, -0.2) is 47.5 Å². The van der Waals surface area contributed by atoms with Crippen LogP contribution in [0.1, 0.15) is 28.8 Å². The SMILES string of the molecule is CN(C)CCCCNC(=O)c1cccc(CSc2nccn2C)c1. The number of amides is 1. The summed E-state index contributed by atoms with van der Waals surface area (Å²) in [5, 5.41) is 3.98. The third-order valence-electron chi connectivity index (χ3n) is 3.65. The second-order valence-electron chi connectivity index (χ2n) is 6.08. The molecule has 0 aliphatic heterocycles. The van der Waals surface area contributed by atoms with Crippen LogP contribution in [0.4, 0.5) is 0 Å². The van der Waals surface area contributed by atoms with E-state index in [9.17, 15) is 4.79 Å². The maximum atomic E-state index is 12.2. The molecule has 1 aromatic carbocycles. The molecule has 0 aliphatic carbocycles. The molecule has 0 aliphatic rings. The Morgan fingerprint density at radius 1 is 1.33 bits per heavy atom. The topological polar surface area (TPSA) is 50.2 Å². The molecule has 0 unspecified atom stereocenters. The number of aryl methyl sites for hydroxylation is 1. The van der Waals surface area contributed by atoms with Gasteiger partial charge in [0.05, 0.1) is 0 Å². The maximum absolute atomic E-state index is 12.2. The van der Waals surface area contributed by atoms with Gasteiger partial charge in [-0.05, 0) is 51.2 Å². The Morgan fingerprint density at radius 3 is 2.88 bits per heavy atom. The van der Waals surface area contributed by atoms with Gasteiger partial charge in [-0.25, -0.2) is 4.98 Å². The smallest absolute Gasteiger partial charge is 0.251 e. The summed E-state index contributed by atoms with van der Waals surface area (Å²) in [6.45, 7) is 1.77. The lowest BCUT2D eigenvalue weighted by Gasteiger charge is -2.10. The summed E-state index contributed by atoms with van der Waals surface area (Å²) in [5.41, 5.74) is 1.85. The van der Waals surface area contributed by atoms with E-state index >= 15 is 0 Å². The molecule has 1 heterocycles. The molecule has 130 valence electrons. The largest absolute Gasteiger partial charge is 0.352 e. The minimum atomic E-state index is 0.00342. The molecule has 0 bridgehead atoms. The Labute approximate surface area is 148 Å². The molecular weight excluding hydrogens is 320 g/mol. The van der Waals surface area contributed by atoms with Crippen molar-refractivity contribution in [1.82, 2.24) is 19.8 Å². The molecule has 6 heteroatoms. The zero-order valence-electron chi connectivity index (χ0n) is 14.7. The standard InChI is InChI=1S/C18H26N4OS/c1-21(2)11-5-4-9-19-17(23)16-8-6-7-15(13-16)14-24-18-20-10-12-22(18)3/h6-8,10,12-13H,4-5,9,11,14H2,1-3H3,(H,19,23). The zero-order chi connectivity index (χ0) is 17.4. The van der Waals surface area contributed by atoms with E-state index in [1.54, 1.807) is 18.0 Å². The summed E-state index contributed by atoms with van der Waals surface area (Å²) in [6.07, 6.45) is 5.82. The maximum Gasteiger partial charge on any atom is 0.251 e. The van der Waals surface area contributed by atoms with Crippen LogP contribution in [0.3, 0.4) is 0 Å². The van der Waals surface area contributed by atoms with Crippen LogP contribution in [0.5, 0.6) is 0 Å². The molecule has 5 nitrogen and oxygen atoms in total. The lowest BCUT2D eigenvalue weighted by Crippen LogP contribution is -2.25. The van der Waals surface area contributed by atoms with Gasteiger partial charge in [-0.2, -0.15) is 0 Å². The molecule has 2 rings (SSSR count). The fraction of sp³-hybridized carbons (Fsp3) is 0.444. The minimum absolute atomic E-state index is 0.00342. The van der Waals surface area contributed by atoms with E-state index in [2.05, 4.69) is 29.3 Å². The first kappa shape index (κ1) is 18.5. The van der Waals surface area contributed by atoms with Crippen LogP contribution in [-0.2, 0) is 12.8 Å². The second kappa shape index (κ2) is 9.49. The molecule has 0 spiro atoms. The third kappa shape index (κ3) is 6.02. The van der Waals surface area contributed by atoms with Crippen LogP contribution in [0, 0.1) is 0 Å². The number of nitrogens with zero attached hydrogens (tertiary/aromatic N) is 3. The summed E-state index contributed by atoms with van der Waals surface area (Å²) < 4.78 is 1.99. The van der Waals surface area contributed by atoms with Gasteiger partial charge in [0.25, 0.3) is 5.91 Å². The van der Waals surface area contributed by atoms with Crippen LogP contribution >= 0.6 is 11.8 Å². The van der Waals surface area contributed by atoms with Crippen molar-refractivity contribution < 1.29 is 4.79 Å². The van der Waals surface area contributed by atoms with Crippen molar-refractivity contribution in [2.24, 2.45) is 7.05 Å². The van der Waals surface area contributed by atoms with Crippen molar-refractivity contribution in [2.75, 3.05) is 27.2 Å². The first-order valence-corrected chi connectivity index (χ1v) is 9.17. The van der Waals surface area contributed by atoms with Gasteiger partial charge in [0.15, 0.2) is 5.16 Å². The molecule has 0 saturated carbocycles. The molecule has 24 heavy (non-hydrogen) atoms. The monoisotopic (exact) mass is 346 g/mol. The van der Waals surface area contributed by atoms with Crippen molar-refractivity contribution in [1.29, 1.82) is 0 Å². The molecule has 2 aromatic rings. The first-order valence-electron chi connectivity index (χ1n) is 8.18. The van der Waals surface area contributed by atoms with E-state index in [1.165, 1.54) is 0 Å². The third-order valence-corrected chi connectivity index (χ3v) is 4.78. The molecule has 0 fully saturated rings. The predicted molar refractivity (Wildman–Crippen MR) is 99.3 cm³/mol. The van der Waals surface area contributed by atoms with Gasteiger partial charge < -0.3 is 14.8 Å². The van der Waals surface area contributed by atoms with Crippen molar-refractivity contribution in [3.8, 4) is 0 Å². The number of thioether (sulfide) groups is 1. The van der Waals surface area contributed by atoms with Crippen molar-refractivity contribution in [3.63, 3.8) is 0 Å². The highest BCUT2D eigenvalue weighted by atomic mass is 32.2. The Kier molecular flexibility index (Phi) is 7.34. The summed E-state index contributed by atoms with van der Waals surface area (Å²) in [5.74, 6) is 0.804. The molecule has 1 aromatic heterocycles. The van der Waals surface area contributed by atoms with Crippen molar-refractivity contribution in [3.05, 3.63) is 47.8 Å². The summed E-state index contributed by atoms with van der Waals surface area (Å²) in [4.78, 5) is 18.7. The molecular formula is C18H26N4OS. The normalized spacial score (nSPS) is 11.0. The average molecular weight is 347 g/mol. The van der Waals surface area contributed by atoms with E-state index in [4.69, 9.17) is 0 Å². The summed E-state index contributed by atoms with van der Waals surface area (Å²) >= 11 is 1.67. The summed E-state index contributed by atoms with van der Waals surface area (Å²) in [7, 11) is 6.11. The van der Waals surface area contributed by atoms with Gasteiger partial charge >= 0.3 is 0 Å². The van der Waals surface area contributed by atoms with Crippen molar-refractivity contribution in [2.45, 2.75) is 23.8 Å². The number of benzene rings is 1. The fourth-order valence-corrected chi connectivity index (χ4v) is 3.17. The molecule has 1 amide bonds. The highest BCUT2D eigenvalue weighted by Crippen LogP contribution is 2.21. The van der Waals surface area contributed by atoms with Gasteiger partial charge in [0.2, 0.25) is 0 Å².